The van der Waals surface area contributed by atoms with Gasteiger partial charge in [-0.1, -0.05) is 17.7 Å². The van der Waals surface area contributed by atoms with Gasteiger partial charge in [-0.25, -0.2) is 4.39 Å². The minimum absolute atomic E-state index is 0.293. The van der Waals surface area contributed by atoms with E-state index in [4.69, 9.17) is 16.3 Å². The van der Waals surface area contributed by atoms with Crippen LogP contribution in [0.25, 0.3) is 0 Å². The van der Waals surface area contributed by atoms with Gasteiger partial charge >= 0.3 is 0 Å². The molecule has 0 aromatic heterocycles. The van der Waals surface area contributed by atoms with Gasteiger partial charge in [0.05, 0.1) is 0 Å². The van der Waals surface area contributed by atoms with E-state index in [0.29, 0.717) is 23.9 Å². The summed E-state index contributed by atoms with van der Waals surface area (Å²) in [7, 11) is 0. The standard InChI is InChI=1S/C14H13ClFNO/c15-11-4-6-13(7-5-11)17-8-9-18-14-3-1-2-12(16)10-14/h1-7,10,17H,8-9H2. The van der Waals surface area contributed by atoms with Gasteiger partial charge in [0.2, 0.25) is 0 Å². The summed E-state index contributed by atoms with van der Waals surface area (Å²) in [5.41, 5.74) is 0.974. The molecule has 0 radical (unpaired) electrons. The van der Waals surface area contributed by atoms with Gasteiger partial charge in [-0.3, -0.25) is 0 Å². The van der Waals surface area contributed by atoms with Crippen LogP contribution in [0, 0.1) is 5.82 Å². The Morgan fingerprint density at radius 2 is 1.89 bits per heavy atom. The first-order valence-corrected chi connectivity index (χ1v) is 6.00. The lowest BCUT2D eigenvalue weighted by Crippen LogP contribution is -2.11. The van der Waals surface area contributed by atoms with E-state index in [1.165, 1.54) is 12.1 Å². The van der Waals surface area contributed by atoms with E-state index >= 15 is 0 Å². The molecule has 4 heteroatoms. The second kappa shape index (κ2) is 6.26. The van der Waals surface area contributed by atoms with Gasteiger partial charge in [0.1, 0.15) is 18.2 Å². The maximum absolute atomic E-state index is 12.9. The summed E-state index contributed by atoms with van der Waals surface area (Å²) in [4.78, 5) is 0. The first-order chi connectivity index (χ1) is 8.74. The predicted octanol–water partition coefficient (Wildman–Crippen LogP) is 3.97. The highest BCUT2D eigenvalue weighted by molar-refractivity contribution is 6.30. The molecule has 2 aromatic carbocycles. The molecule has 0 unspecified atom stereocenters. The van der Waals surface area contributed by atoms with Crippen LogP contribution >= 0.6 is 11.6 Å². The third-order valence-electron chi connectivity index (χ3n) is 2.34. The van der Waals surface area contributed by atoms with Crippen molar-refractivity contribution in [3.63, 3.8) is 0 Å². The van der Waals surface area contributed by atoms with E-state index in [1.54, 1.807) is 12.1 Å². The molecule has 0 heterocycles. The Hall–Kier alpha value is -1.74. The predicted molar refractivity (Wildman–Crippen MR) is 71.8 cm³/mol. The van der Waals surface area contributed by atoms with Crippen molar-refractivity contribution in [1.29, 1.82) is 0 Å². The lowest BCUT2D eigenvalue weighted by molar-refractivity contribution is 0.331. The normalized spacial score (nSPS) is 10.1. The third-order valence-corrected chi connectivity index (χ3v) is 2.59. The molecule has 18 heavy (non-hydrogen) atoms. The molecule has 0 aliphatic rings. The number of hydrogen-bond acceptors (Lipinski definition) is 2. The van der Waals surface area contributed by atoms with Crippen LogP contribution in [-0.2, 0) is 0 Å². The highest BCUT2D eigenvalue weighted by Crippen LogP contribution is 2.14. The van der Waals surface area contributed by atoms with Crippen LogP contribution in [-0.4, -0.2) is 13.2 Å². The zero-order chi connectivity index (χ0) is 12.8. The molecule has 2 nitrogen and oxygen atoms in total. The van der Waals surface area contributed by atoms with Gasteiger partial charge in [0.25, 0.3) is 0 Å². The molecule has 94 valence electrons. The Balaban J connectivity index is 1.74. The van der Waals surface area contributed by atoms with Crippen molar-refractivity contribution in [1.82, 2.24) is 0 Å². The van der Waals surface area contributed by atoms with Gasteiger partial charge < -0.3 is 10.1 Å². The van der Waals surface area contributed by atoms with E-state index in [9.17, 15) is 4.39 Å². The van der Waals surface area contributed by atoms with Crippen LogP contribution in [0.1, 0.15) is 0 Å². The summed E-state index contributed by atoms with van der Waals surface area (Å²) in [5.74, 6) is 0.242. The number of hydrogen-bond donors (Lipinski definition) is 1. The minimum Gasteiger partial charge on any atom is -0.492 e. The van der Waals surface area contributed by atoms with Gasteiger partial charge in [-0.15, -0.1) is 0 Å². The molecule has 0 saturated carbocycles. The van der Waals surface area contributed by atoms with Crippen LogP contribution in [0.5, 0.6) is 5.75 Å². The first-order valence-electron chi connectivity index (χ1n) is 5.62. The zero-order valence-corrected chi connectivity index (χ0v) is 10.5. The van der Waals surface area contributed by atoms with Gasteiger partial charge in [0.15, 0.2) is 0 Å². The number of rotatable bonds is 5. The highest BCUT2D eigenvalue weighted by atomic mass is 35.5. The summed E-state index contributed by atoms with van der Waals surface area (Å²) < 4.78 is 18.3. The molecule has 1 N–H and O–H groups in total. The fraction of sp³-hybridized carbons (Fsp3) is 0.143. The summed E-state index contributed by atoms with van der Waals surface area (Å²) in [6.07, 6.45) is 0. The van der Waals surface area contributed by atoms with E-state index in [-0.39, 0.29) is 5.82 Å². The van der Waals surface area contributed by atoms with Crippen molar-refractivity contribution >= 4 is 17.3 Å². The smallest absolute Gasteiger partial charge is 0.126 e. The van der Waals surface area contributed by atoms with E-state index in [2.05, 4.69) is 5.32 Å². The van der Waals surface area contributed by atoms with Gasteiger partial charge in [0, 0.05) is 23.3 Å². The van der Waals surface area contributed by atoms with Crippen LogP contribution in [0.15, 0.2) is 48.5 Å². The first kappa shape index (κ1) is 12.7. The topological polar surface area (TPSA) is 21.3 Å². The maximum atomic E-state index is 12.9. The van der Waals surface area contributed by atoms with Crippen LogP contribution in [0.3, 0.4) is 0 Å². The van der Waals surface area contributed by atoms with Crippen molar-refractivity contribution in [2.24, 2.45) is 0 Å². The molecule has 0 aliphatic heterocycles. The SMILES string of the molecule is Fc1cccc(OCCNc2ccc(Cl)cc2)c1. The van der Waals surface area contributed by atoms with Gasteiger partial charge in [-0.05, 0) is 36.4 Å². The Bertz CT molecular complexity index is 501. The fourth-order valence-corrected chi connectivity index (χ4v) is 1.61. The van der Waals surface area contributed by atoms with Crippen LogP contribution in [0.2, 0.25) is 5.02 Å². The summed E-state index contributed by atoms with van der Waals surface area (Å²) in [6.45, 7) is 1.10. The van der Waals surface area contributed by atoms with Crippen LogP contribution in [0.4, 0.5) is 10.1 Å². The average Bonchev–Trinajstić information content (AvgIpc) is 2.37. The summed E-state index contributed by atoms with van der Waals surface area (Å²) in [5, 5.41) is 3.88. The molecule has 0 aliphatic carbocycles. The van der Waals surface area contributed by atoms with Crippen molar-refractivity contribution < 1.29 is 9.13 Å². The minimum atomic E-state index is -0.293. The molecule has 2 aromatic rings. The Labute approximate surface area is 110 Å². The molecular formula is C14H13ClFNO. The van der Waals surface area contributed by atoms with E-state index in [1.807, 2.05) is 24.3 Å². The Morgan fingerprint density at radius 1 is 1.11 bits per heavy atom. The summed E-state index contributed by atoms with van der Waals surface area (Å²) in [6, 6.07) is 13.5. The summed E-state index contributed by atoms with van der Waals surface area (Å²) >= 11 is 5.78. The monoisotopic (exact) mass is 265 g/mol. The highest BCUT2D eigenvalue weighted by Gasteiger charge is 1.96. The van der Waals surface area contributed by atoms with Gasteiger partial charge in [-0.2, -0.15) is 0 Å². The number of benzene rings is 2. The fourth-order valence-electron chi connectivity index (χ4n) is 1.49. The van der Waals surface area contributed by atoms with Crippen molar-refractivity contribution in [2.45, 2.75) is 0 Å². The molecule has 0 amide bonds. The Kier molecular flexibility index (Phi) is 4.42. The number of nitrogens with one attached hydrogen (secondary N) is 1. The molecule has 2 rings (SSSR count). The number of ether oxygens (including phenoxy) is 1. The lowest BCUT2D eigenvalue weighted by Gasteiger charge is -2.08. The number of anilines is 1. The quantitative estimate of drug-likeness (QED) is 0.826. The van der Waals surface area contributed by atoms with Crippen molar-refractivity contribution in [2.75, 3.05) is 18.5 Å². The average molecular weight is 266 g/mol. The molecule has 0 bridgehead atoms. The van der Waals surface area contributed by atoms with E-state index in [0.717, 1.165) is 5.69 Å². The van der Waals surface area contributed by atoms with Crippen molar-refractivity contribution in [3.05, 3.63) is 59.4 Å². The zero-order valence-electron chi connectivity index (χ0n) is 9.70. The second-order valence-corrected chi connectivity index (χ2v) is 4.18. The Morgan fingerprint density at radius 3 is 2.61 bits per heavy atom. The molecule has 0 saturated heterocycles. The third kappa shape index (κ3) is 3.93. The lowest BCUT2D eigenvalue weighted by atomic mass is 10.3. The van der Waals surface area contributed by atoms with Crippen LogP contribution < -0.4 is 10.1 Å². The molecule has 0 atom stereocenters. The molecular weight excluding hydrogens is 253 g/mol. The van der Waals surface area contributed by atoms with E-state index < -0.39 is 0 Å². The second-order valence-electron chi connectivity index (χ2n) is 3.74. The maximum Gasteiger partial charge on any atom is 0.126 e. The number of halogens is 2. The largest absolute Gasteiger partial charge is 0.492 e. The molecule has 0 spiro atoms. The van der Waals surface area contributed by atoms with Crippen molar-refractivity contribution in [3.8, 4) is 5.75 Å². The molecule has 0 fully saturated rings.